The first-order chi connectivity index (χ1) is 19.6. The van der Waals surface area contributed by atoms with Gasteiger partial charge in [0.05, 0.1) is 10.5 Å². The van der Waals surface area contributed by atoms with Crippen LogP contribution in [0.2, 0.25) is 19.6 Å². The Morgan fingerprint density at radius 2 is 1.48 bits per heavy atom. The predicted molar refractivity (Wildman–Crippen MR) is 194 cm³/mol. The van der Waals surface area contributed by atoms with Crippen LogP contribution in [0.15, 0.2) is 24.3 Å². The minimum Gasteiger partial charge on any atom is -0.444 e. The highest BCUT2D eigenvalue weighted by atomic mass is 28.4. The van der Waals surface area contributed by atoms with Gasteiger partial charge in [0, 0.05) is 39.0 Å². The van der Waals surface area contributed by atoms with Crippen LogP contribution in [-0.2, 0) is 30.0 Å². The van der Waals surface area contributed by atoms with E-state index in [1.165, 1.54) is 18.9 Å². The van der Waals surface area contributed by atoms with Crippen LogP contribution in [0.4, 0.5) is 15.3 Å². The van der Waals surface area contributed by atoms with E-state index in [1.54, 1.807) is 25.1 Å². The lowest BCUT2D eigenvalue weighted by Gasteiger charge is -2.21. The van der Waals surface area contributed by atoms with Gasteiger partial charge in [0.15, 0.2) is 14.6 Å². The zero-order valence-corrected chi connectivity index (χ0v) is 28.4. The molecule has 2 N–H and O–H groups in total. The summed E-state index contributed by atoms with van der Waals surface area (Å²) in [7, 11) is -1.16. The molecule has 13 heteroatoms. The molecule has 0 aromatic heterocycles. The summed E-state index contributed by atoms with van der Waals surface area (Å²) in [5.41, 5.74) is -0.0650. The molecule has 1 saturated heterocycles. The van der Waals surface area contributed by atoms with Crippen molar-refractivity contribution in [3.05, 3.63) is 39.9 Å². The second-order valence-corrected chi connectivity index (χ2v) is 15.3. The molecule has 0 radical (unpaired) electrons. The van der Waals surface area contributed by atoms with E-state index in [0.717, 1.165) is 26.2 Å². The number of amides is 2. The van der Waals surface area contributed by atoms with Gasteiger partial charge in [0.1, 0.15) is 12.2 Å². The van der Waals surface area contributed by atoms with Crippen molar-refractivity contribution in [2.45, 2.75) is 136 Å². The highest BCUT2D eigenvalue weighted by molar-refractivity contribution is 6.69. The van der Waals surface area contributed by atoms with E-state index in [9.17, 15) is 19.7 Å². The molecule has 0 saturated carbocycles. The van der Waals surface area contributed by atoms with E-state index in [4.69, 9.17) is 23.4 Å². The third-order valence-corrected chi connectivity index (χ3v) is 5.81. The van der Waals surface area contributed by atoms with Crippen molar-refractivity contribution in [3.8, 4) is 0 Å². The third-order valence-electron chi connectivity index (χ3n) is 4.66. The maximum atomic E-state index is 11.0. The summed E-state index contributed by atoms with van der Waals surface area (Å²) < 4.78 is 25.7. The monoisotopic (exact) mass is 681 g/mol. The maximum Gasteiger partial charge on any atom is 0.407 e. The van der Waals surface area contributed by atoms with Gasteiger partial charge in [-0.3, -0.25) is 10.1 Å². The van der Waals surface area contributed by atoms with Crippen LogP contribution in [0, 0.1) is 10.1 Å². The van der Waals surface area contributed by atoms with E-state index in [1.807, 2.05) is 41.5 Å². The van der Waals surface area contributed by atoms with Crippen LogP contribution in [0.5, 0.6) is 0 Å². The minimum atomic E-state index is -1.16. The molecule has 1 heterocycles. The summed E-state index contributed by atoms with van der Waals surface area (Å²) in [6.45, 7) is 23.2. The van der Waals surface area contributed by atoms with Crippen molar-refractivity contribution < 1.29 is 37.9 Å². The number of nitrogens with zero attached hydrogens (tertiary/aromatic N) is 1. The molecule has 1 fully saturated rings. The number of hydrogen-bond donors (Lipinski definition) is 2. The smallest absolute Gasteiger partial charge is 0.407 e. The van der Waals surface area contributed by atoms with Gasteiger partial charge in [-0.2, -0.15) is 0 Å². The molecule has 0 bridgehead atoms. The van der Waals surface area contributed by atoms with Gasteiger partial charge in [-0.15, -0.1) is 0 Å². The van der Waals surface area contributed by atoms with Gasteiger partial charge >= 0.3 is 12.2 Å². The molecule has 1 unspecified atom stereocenters. The molecule has 46 heavy (non-hydrogen) atoms. The summed E-state index contributed by atoms with van der Waals surface area (Å²) in [4.78, 5) is 31.9. The largest absolute Gasteiger partial charge is 0.444 e. The number of nitro benzene ring substituents is 1. The number of nitro groups is 1. The molecule has 2 rings (SSSR count). The minimum absolute atomic E-state index is 0. The first-order valence-corrected chi connectivity index (χ1v) is 18.0. The zero-order chi connectivity index (χ0) is 32.6. The molecular formula is C33H71N3O9Si. The molecule has 12 nitrogen and oxygen atoms in total. The topological polar surface area (TPSA) is 147 Å². The van der Waals surface area contributed by atoms with E-state index in [2.05, 4.69) is 30.3 Å². The van der Waals surface area contributed by atoms with Crippen LogP contribution in [0.3, 0.4) is 0 Å². The van der Waals surface area contributed by atoms with Gasteiger partial charge in [-0.05, 0) is 93.4 Å². The van der Waals surface area contributed by atoms with Crippen LogP contribution in [-0.4, -0.2) is 70.2 Å². The molecule has 1 aliphatic rings. The Balaban J connectivity index is -0.000000118. The fraction of sp³-hybridized carbons (Fsp3) is 0.758. The summed E-state index contributed by atoms with van der Waals surface area (Å²) in [5.74, 6) is 0. The quantitative estimate of drug-likeness (QED) is 0.148. The standard InChI is InChI=1S/C10H12N2O4.C7H15NO2.C7H14O2.C5H14OSi.4CH4/c1-2-11-10(13)16-7-8-5-3-4-6-9(8)12(14)15;1-5-8-6(9)10-7(2,3)4;1-2-8-7-5-3-4-6-9-7;1-5-6-7(2,3)4;;;;/h3-6H,2,7H2,1H3,(H,11,13);5H2,1-4H3,(H,8,9);7H,2-6H2,1H3;5H2,1-4H3;4*1H4. The van der Waals surface area contributed by atoms with E-state index in [0.29, 0.717) is 18.7 Å². The van der Waals surface area contributed by atoms with E-state index >= 15 is 0 Å². The number of alkyl carbamates (subject to hydrolysis) is 2. The van der Waals surface area contributed by atoms with E-state index < -0.39 is 19.3 Å². The Labute approximate surface area is 282 Å². The first kappa shape index (κ1) is 55.6. The SMILES string of the molecule is C.C.C.C.CCNC(=O)OC(C)(C)C.CCNC(=O)OCc1ccccc1[N+](=O)[O-].CCOC1CCCCO1.CCO[Si](C)(C)C. The van der Waals surface area contributed by atoms with Crippen LogP contribution < -0.4 is 10.6 Å². The van der Waals surface area contributed by atoms with Gasteiger partial charge in [0.2, 0.25) is 0 Å². The van der Waals surface area contributed by atoms with Crippen LogP contribution in [0.25, 0.3) is 0 Å². The predicted octanol–water partition coefficient (Wildman–Crippen LogP) is 9.32. The average molecular weight is 682 g/mol. The fourth-order valence-corrected chi connectivity index (χ4v) is 3.94. The van der Waals surface area contributed by atoms with Crippen molar-refractivity contribution in [1.29, 1.82) is 0 Å². The number of benzene rings is 1. The molecule has 1 aromatic carbocycles. The van der Waals surface area contributed by atoms with Crippen LogP contribution >= 0.6 is 0 Å². The second-order valence-electron chi connectivity index (χ2n) is 10.8. The Kier molecular flexibility index (Phi) is 39.0. The molecule has 276 valence electrons. The van der Waals surface area contributed by atoms with Gasteiger partial charge in [-0.25, -0.2) is 9.59 Å². The number of ether oxygens (including phenoxy) is 4. The molecule has 2 amide bonds. The average Bonchev–Trinajstić information content (AvgIpc) is 2.88. The molecular weight excluding hydrogens is 610 g/mol. The number of hydrogen-bond acceptors (Lipinski definition) is 9. The van der Waals surface area contributed by atoms with Crippen molar-refractivity contribution in [1.82, 2.24) is 10.6 Å². The number of nitrogens with one attached hydrogen (secondary N) is 2. The zero-order valence-electron chi connectivity index (χ0n) is 27.4. The Hall–Kier alpha value is -2.74. The van der Waals surface area contributed by atoms with Gasteiger partial charge in [-0.1, -0.05) is 41.8 Å². The molecule has 0 aliphatic carbocycles. The van der Waals surface area contributed by atoms with Crippen LogP contribution in [0.1, 0.15) is 103 Å². The molecule has 1 aromatic rings. The van der Waals surface area contributed by atoms with Gasteiger partial charge < -0.3 is 34.0 Å². The molecule has 0 spiro atoms. The summed E-state index contributed by atoms with van der Waals surface area (Å²) >= 11 is 0. The number of para-hydroxylation sites is 1. The normalized spacial score (nSPS) is 13.0. The van der Waals surface area contributed by atoms with E-state index in [-0.39, 0.29) is 60.0 Å². The Morgan fingerprint density at radius 3 is 1.87 bits per heavy atom. The highest BCUT2D eigenvalue weighted by Gasteiger charge is 2.15. The first-order valence-electron chi connectivity index (χ1n) is 14.6. The summed E-state index contributed by atoms with van der Waals surface area (Å²) in [5, 5.41) is 15.6. The van der Waals surface area contributed by atoms with Crippen molar-refractivity contribution >= 4 is 26.2 Å². The highest BCUT2D eigenvalue weighted by Crippen LogP contribution is 2.18. The fourth-order valence-electron chi connectivity index (χ4n) is 3.07. The lowest BCUT2D eigenvalue weighted by molar-refractivity contribution is -0.385. The third kappa shape index (κ3) is 35.7. The maximum absolute atomic E-state index is 11.0. The lowest BCUT2D eigenvalue weighted by atomic mass is 10.2. The molecule has 1 aliphatic heterocycles. The number of rotatable bonds is 9. The lowest BCUT2D eigenvalue weighted by Crippen LogP contribution is -2.32. The number of carbonyl (C=O) groups is 2. The Bertz CT molecular complexity index is 868. The number of carbonyl (C=O) groups excluding carboxylic acids is 2. The van der Waals surface area contributed by atoms with Gasteiger partial charge in [0.25, 0.3) is 5.69 Å². The van der Waals surface area contributed by atoms with Crippen molar-refractivity contribution in [2.75, 3.05) is 32.9 Å². The van der Waals surface area contributed by atoms with Crippen molar-refractivity contribution in [3.63, 3.8) is 0 Å². The molecule has 1 atom stereocenters. The Morgan fingerprint density at radius 1 is 0.935 bits per heavy atom. The summed E-state index contributed by atoms with van der Waals surface area (Å²) in [6.07, 6.45) is 2.70. The van der Waals surface area contributed by atoms with Crippen molar-refractivity contribution in [2.24, 2.45) is 0 Å². The second kappa shape index (κ2) is 32.2. The summed E-state index contributed by atoms with van der Waals surface area (Å²) in [6, 6.07) is 6.14.